The van der Waals surface area contributed by atoms with Crippen LogP contribution in [-0.2, 0) is 0 Å². The molecule has 0 heterocycles. The van der Waals surface area contributed by atoms with Crippen LogP contribution in [0.3, 0.4) is 0 Å². The molecule has 1 fully saturated rings. The molecule has 0 N–H and O–H groups in total. The summed E-state index contributed by atoms with van der Waals surface area (Å²) in [4.78, 5) is 0. The van der Waals surface area contributed by atoms with Gasteiger partial charge in [-0.15, -0.1) is 0 Å². The van der Waals surface area contributed by atoms with E-state index in [1.807, 2.05) is 0 Å². The second kappa shape index (κ2) is 3.95. The minimum Gasteiger partial charge on any atom is -0.0590 e. The fourth-order valence-corrected chi connectivity index (χ4v) is 2.06. The van der Waals surface area contributed by atoms with E-state index >= 15 is 0 Å². The Bertz CT molecular complexity index is 252. The Hall–Kier alpha value is -0.780. The van der Waals surface area contributed by atoms with E-state index in [0.717, 1.165) is 5.92 Å². The van der Waals surface area contributed by atoms with Gasteiger partial charge in [-0.3, -0.25) is 0 Å². The molecular formula is C13H17. The van der Waals surface area contributed by atoms with Crippen LogP contribution in [0.25, 0.3) is 0 Å². The molecule has 0 amide bonds. The maximum Gasteiger partial charge on any atom is -0.0131 e. The van der Waals surface area contributed by atoms with E-state index < -0.39 is 0 Å². The van der Waals surface area contributed by atoms with Gasteiger partial charge >= 0.3 is 0 Å². The molecule has 0 bridgehead atoms. The van der Waals surface area contributed by atoms with Gasteiger partial charge in [-0.2, -0.15) is 0 Å². The molecule has 1 saturated carbocycles. The number of aryl methyl sites for hydroxylation is 1. The van der Waals surface area contributed by atoms with Crippen molar-refractivity contribution in [1.29, 1.82) is 0 Å². The summed E-state index contributed by atoms with van der Waals surface area (Å²) >= 11 is 0. The van der Waals surface area contributed by atoms with Crippen molar-refractivity contribution in [3.63, 3.8) is 0 Å². The largest absolute Gasteiger partial charge is 0.0590 e. The lowest BCUT2D eigenvalue weighted by atomic mass is 9.84. The van der Waals surface area contributed by atoms with Gasteiger partial charge in [-0.25, -0.2) is 0 Å². The third kappa shape index (κ3) is 2.12. The molecule has 1 atom stereocenters. The Labute approximate surface area is 81.0 Å². The maximum absolute atomic E-state index is 2.48. The van der Waals surface area contributed by atoms with Gasteiger partial charge in [0.2, 0.25) is 0 Å². The van der Waals surface area contributed by atoms with E-state index in [-0.39, 0.29) is 0 Å². The van der Waals surface area contributed by atoms with Gasteiger partial charge in [-0.1, -0.05) is 42.7 Å². The van der Waals surface area contributed by atoms with Crippen molar-refractivity contribution in [3.05, 3.63) is 41.8 Å². The van der Waals surface area contributed by atoms with Gasteiger partial charge < -0.3 is 0 Å². The Kier molecular flexibility index (Phi) is 2.68. The van der Waals surface area contributed by atoms with Gasteiger partial charge in [0, 0.05) is 0 Å². The quantitative estimate of drug-likeness (QED) is 0.605. The standard InChI is InChI=1S/C13H17/c1-11-7-9-13(10-8-11)12-5-3-2-4-6-12/h5,7-10,12H,2-4,6H2,1H3. The van der Waals surface area contributed by atoms with Crippen molar-refractivity contribution in [2.24, 2.45) is 0 Å². The monoisotopic (exact) mass is 173 g/mol. The highest BCUT2D eigenvalue weighted by Gasteiger charge is 2.14. The minimum absolute atomic E-state index is 0.731. The molecule has 1 aromatic carbocycles. The molecule has 0 aromatic heterocycles. The zero-order valence-corrected chi connectivity index (χ0v) is 8.29. The van der Waals surface area contributed by atoms with Crippen LogP contribution in [0.1, 0.15) is 42.7 Å². The number of hydrogen-bond donors (Lipinski definition) is 0. The van der Waals surface area contributed by atoms with Gasteiger partial charge in [0.25, 0.3) is 0 Å². The molecule has 1 radical (unpaired) electrons. The second-order valence-electron chi connectivity index (χ2n) is 4.04. The van der Waals surface area contributed by atoms with Crippen LogP contribution in [-0.4, -0.2) is 0 Å². The topological polar surface area (TPSA) is 0 Å². The van der Waals surface area contributed by atoms with Crippen molar-refractivity contribution in [2.45, 2.75) is 38.5 Å². The third-order valence-electron chi connectivity index (χ3n) is 2.93. The Balaban J connectivity index is 2.10. The van der Waals surface area contributed by atoms with Crippen LogP contribution < -0.4 is 0 Å². The molecule has 0 spiro atoms. The number of benzene rings is 1. The first-order chi connectivity index (χ1) is 6.36. The van der Waals surface area contributed by atoms with Gasteiger partial charge in [-0.05, 0) is 37.7 Å². The van der Waals surface area contributed by atoms with Crippen molar-refractivity contribution < 1.29 is 0 Å². The highest BCUT2D eigenvalue weighted by molar-refractivity contribution is 5.26. The molecule has 1 aromatic rings. The SMILES string of the molecule is Cc1ccc(C2[CH]CCCC2)cc1. The first-order valence-electron chi connectivity index (χ1n) is 5.26. The zero-order valence-electron chi connectivity index (χ0n) is 8.29. The predicted molar refractivity (Wildman–Crippen MR) is 56.7 cm³/mol. The van der Waals surface area contributed by atoms with Crippen LogP contribution in [0.4, 0.5) is 0 Å². The summed E-state index contributed by atoms with van der Waals surface area (Å²) in [7, 11) is 0. The summed E-state index contributed by atoms with van der Waals surface area (Å²) in [5.41, 5.74) is 2.87. The third-order valence-corrected chi connectivity index (χ3v) is 2.93. The van der Waals surface area contributed by atoms with E-state index in [0.29, 0.717) is 0 Å². The first-order valence-corrected chi connectivity index (χ1v) is 5.26. The summed E-state index contributed by atoms with van der Waals surface area (Å²) in [6, 6.07) is 9.00. The fraction of sp³-hybridized carbons (Fsp3) is 0.462. The van der Waals surface area contributed by atoms with Crippen LogP contribution in [0.15, 0.2) is 24.3 Å². The lowest BCUT2D eigenvalue weighted by Crippen LogP contribution is -2.04. The molecule has 69 valence electrons. The molecule has 1 aliphatic carbocycles. The molecule has 1 unspecified atom stereocenters. The molecule has 0 nitrogen and oxygen atoms in total. The molecule has 0 heteroatoms. The molecule has 2 rings (SSSR count). The molecule has 13 heavy (non-hydrogen) atoms. The van der Waals surface area contributed by atoms with Crippen molar-refractivity contribution in [1.82, 2.24) is 0 Å². The van der Waals surface area contributed by atoms with Crippen molar-refractivity contribution in [3.8, 4) is 0 Å². The fourth-order valence-electron chi connectivity index (χ4n) is 2.06. The summed E-state index contributed by atoms with van der Waals surface area (Å²) in [5.74, 6) is 0.731. The van der Waals surface area contributed by atoms with Crippen LogP contribution in [0.5, 0.6) is 0 Å². The van der Waals surface area contributed by atoms with E-state index in [1.54, 1.807) is 0 Å². The molecule has 1 aliphatic rings. The first kappa shape index (κ1) is 8.80. The number of hydrogen-bond acceptors (Lipinski definition) is 0. The predicted octanol–water partition coefficient (Wildman–Crippen LogP) is 3.86. The zero-order chi connectivity index (χ0) is 9.10. The Morgan fingerprint density at radius 3 is 2.46 bits per heavy atom. The summed E-state index contributed by atoms with van der Waals surface area (Å²) in [6.07, 6.45) is 7.92. The highest BCUT2D eigenvalue weighted by atomic mass is 14.2. The summed E-state index contributed by atoms with van der Waals surface area (Å²) < 4.78 is 0. The molecule has 0 saturated heterocycles. The summed E-state index contributed by atoms with van der Waals surface area (Å²) in [5, 5.41) is 0. The van der Waals surface area contributed by atoms with E-state index in [2.05, 4.69) is 37.6 Å². The lowest BCUT2D eigenvalue weighted by Gasteiger charge is -2.21. The van der Waals surface area contributed by atoms with E-state index in [4.69, 9.17) is 0 Å². The minimum atomic E-state index is 0.731. The second-order valence-corrected chi connectivity index (χ2v) is 4.04. The average molecular weight is 173 g/mol. The Morgan fingerprint density at radius 2 is 1.85 bits per heavy atom. The number of rotatable bonds is 1. The van der Waals surface area contributed by atoms with Crippen molar-refractivity contribution in [2.75, 3.05) is 0 Å². The van der Waals surface area contributed by atoms with Crippen LogP contribution in [0, 0.1) is 13.3 Å². The highest BCUT2D eigenvalue weighted by Crippen LogP contribution is 2.31. The van der Waals surface area contributed by atoms with Gasteiger partial charge in [0.15, 0.2) is 0 Å². The Morgan fingerprint density at radius 1 is 1.08 bits per heavy atom. The normalized spacial score (nSPS) is 18.8. The smallest absolute Gasteiger partial charge is 0.0131 e. The van der Waals surface area contributed by atoms with E-state index in [9.17, 15) is 0 Å². The molecule has 0 aliphatic heterocycles. The summed E-state index contributed by atoms with van der Waals surface area (Å²) in [6.45, 7) is 2.15. The average Bonchev–Trinajstić information content (AvgIpc) is 2.20. The van der Waals surface area contributed by atoms with Gasteiger partial charge in [0.1, 0.15) is 0 Å². The molecular weight excluding hydrogens is 156 g/mol. The maximum atomic E-state index is 2.48. The van der Waals surface area contributed by atoms with Crippen LogP contribution in [0.2, 0.25) is 0 Å². The van der Waals surface area contributed by atoms with E-state index in [1.165, 1.54) is 36.8 Å². The van der Waals surface area contributed by atoms with Crippen LogP contribution >= 0.6 is 0 Å². The lowest BCUT2D eigenvalue weighted by molar-refractivity contribution is 0.534. The van der Waals surface area contributed by atoms with Crippen molar-refractivity contribution >= 4 is 0 Å². The van der Waals surface area contributed by atoms with Gasteiger partial charge in [0.05, 0.1) is 0 Å².